The highest BCUT2D eigenvalue weighted by molar-refractivity contribution is 5.90. The molecule has 0 fully saturated rings. The van der Waals surface area contributed by atoms with Crippen molar-refractivity contribution in [3.8, 4) is 11.5 Å². The highest BCUT2D eigenvalue weighted by Gasteiger charge is 2.11. The average molecular weight is 245 g/mol. The number of hydrogen-bond acceptors (Lipinski definition) is 3. The molecular formula is C14H15NO3. The highest BCUT2D eigenvalue weighted by atomic mass is 16.5. The minimum Gasteiger partial charge on any atom is -0.493 e. The first kappa shape index (κ1) is 12.2. The molecule has 4 nitrogen and oxygen atoms in total. The van der Waals surface area contributed by atoms with Gasteiger partial charge in [-0.25, -0.2) is 0 Å². The average Bonchev–Trinajstić information content (AvgIpc) is 2.40. The Kier molecular flexibility index (Phi) is 3.37. The van der Waals surface area contributed by atoms with Crippen LogP contribution in [0.1, 0.15) is 0 Å². The molecular weight excluding hydrogens is 230 g/mol. The molecule has 94 valence electrons. The predicted octanol–water partition coefficient (Wildman–Crippen LogP) is 2.11. The molecule has 1 heterocycles. The Bertz CT molecular complexity index is 643. The summed E-state index contributed by atoms with van der Waals surface area (Å²) in [6.07, 6.45) is 3.37. The van der Waals surface area contributed by atoms with Crippen molar-refractivity contribution in [3.63, 3.8) is 0 Å². The minimum atomic E-state index is -0.0568. The van der Waals surface area contributed by atoms with E-state index in [1.54, 1.807) is 38.6 Å². The SMILES string of the molecule is C=CCOc1c(OC)ccc2c(=O)n(C)ccc12. The molecule has 0 bridgehead atoms. The van der Waals surface area contributed by atoms with Gasteiger partial charge in [0.1, 0.15) is 6.61 Å². The van der Waals surface area contributed by atoms with E-state index in [0.29, 0.717) is 23.5 Å². The van der Waals surface area contributed by atoms with E-state index in [1.165, 1.54) is 4.57 Å². The lowest BCUT2D eigenvalue weighted by molar-refractivity contribution is 0.330. The summed E-state index contributed by atoms with van der Waals surface area (Å²) in [4.78, 5) is 12.0. The largest absolute Gasteiger partial charge is 0.493 e. The molecule has 1 aromatic carbocycles. The molecule has 0 aliphatic heterocycles. The van der Waals surface area contributed by atoms with Crippen LogP contribution < -0.4 is 15.0 Å². The van der Waals surface area contributed by atoms with Crippen molar-refractivity contribution in [2.24, 2.45) is 7.05 Å². The Balaban J connectivity index is 2.73. The van der Waals surface area contributed by atoms with Crippen molar-refractivity contribution in [3.05, 3.63) is 47.4 Å². The molecule has 0 amide bonds. The first-order valence-electron chi connectivity index (χ1n) is 5.59. The standard InChI is InChI=1S/C14H15NO3/c1-4-9-18-13-10-7-8-15(2)14(16)11(10)5-6-12(13)17-3/h4-8H,1,9H2,2-3H3. The number of rotatable bonds is 4. The van der Waals surface area contributed by atoms with E-state index in [4.69, 9.17) is 9.47 Å². The number of pyridine rings is 1. The molecule has 0 saturated heterocycles. The normalized spacial score (nSPS) is 10.3. The summed E-state index contributed by atoms with van der Waals surface area (Å²) in [5, 5.41) is 1.36. The molecule has 18 heavy (non-hydrogen) atoms. The van der Waals surface area contributed by atoms with Crippen molar-refractivity contribution in [1.82, 2.24) is 4.57 Å². The zero-order valence-corrected chi connectivity index (χ0v) is 10.5. The van der Waals surface area contributed by atoms with Gasteiger partial charge in [0.2, 0.25) is 0 Å². The van der Waals surface area contributed by atoms with E-state index in [1.807, 2.05) is 6.07 Å². The van der Waals surface area contributed by atoms with Gasteiger partial charge in [-0.3, -0.25) is 4.79 Å². The van der Waals surface area contributed by atoms with Gasteiger partial charge in [0.05, 0.1) is 12.5 Å². The van der Waals surface area contributed by atoms with E-state index in [2.05, 4.69) is 6.58 Å². The Labute approximate surface area is 105 Å². The summed E-state index contributed by atoms with van der Waals surface area (Å²) >= 11 is 0. The second-order valence-electron chi connectivity index (χ2n) is 3.89. The predicted molar refractivity (Wildman–Crippen MR) is 71.4 cm³/mol. The van der Waals surface area contributed by atoms with Crippen LogP contribution in [0, 0.1) is 0 Å². The maximum absolute atomic E-state index is 12.0. The summed E-state index contributed by atoms with van der Waals surface area (Å²) in [5.74, 6) is 1.19. The number of aromatic nitrogens is 1. The maximum atomic E-state index is 12.0. The molecule has 0 aliphatic rings. The van der Waals surface area contributed by atoms with Crippen molar-refractivity contribution >= 4 is 10.8 Å². The van der Waals surface area contributed by atoms with Crippen LogP contribution in [0.2, 0.25) is 0 Å². The number of nitrogens with zero attached hydrogens (tertiary/aromatic N) is 1. The highest BCUT2D eigenvalue weighted by Crippen LogP contribution is 2.34. The Morgan fingerprint density at radius 3 is 2.78 bits per heavy atom. The molecule has 4 heteroatoms. The van der Waals surface area contributed by atoms with Crippen LogP contribution in [-0.4, -0.2) is 18.3 Å². The van der Waals surface area contributed by atoms with Gasteiger partial charge in [-0.2, -0.15) is 0 Å². The smallest absolute Gasteiger partial charge is 0.258 e. The lowest BCUT2D eigenvalue weighted by Gasteiger charge is -2.12. The molecule has 0 N–H and O–H groups in total. The molecule has 1 aromatic heterocycles. The molecule has 0 radical (unpaired) electrons. The second-order valence-corrected chi connectivity index (χ2v) is 3.89. The molecule has 0 aliphatic carbocycles. The van der Waals surface area contributed by atoms with Crippen LogP contribution in [0.3, 0.4) is 0 Å². The van der Waals surface area contributed by atoms with Gasteiger partial charge in [-0.05, 0) is 18.2 Å². The Morgan fingerprint density at radius 1 is 1.33 bits per heavy atom. The maximum Gasteiger partial charge on any atom is 0.258 e. The minimum absolute atomic E-state index is 0.0568. The lowest BCUT2D eigenvalue weighted by Crippen LogP contribution is -2.15. The van der Waals surface area contributed by atoms with Crippen LogP contribution in [-0.2, 0) is 7.05 Å². The lowest BCUT2D eigenvalue weighted by atomic mass is 10.1. The monoisotopic (exact) mass is 245 g/mol. The van der Waals surface area contributed by atoms with Crippen molar-refractivity contribution in [2.45, 2.75) is 0 Å². The van der Waals surface area contributed by atoms with Gasteiger partial charge in [0.25, 0.3) is 5.56 Å². The molecule has 0 atom stereocenters. The first-order chi connectivity index (χ1) is 8.69. The number of benzene rings is 1. The quantitative estimate of drug-likeness (QED) is 0.775. The zero-order valence-electron chi connectivity index (χ0n) is 10.5. The van der Waals surface area contributed by atoms with Crippen molar-refractivity contribution in [1.29, 1.82) is 0 Å². The van der Waals surface area contributed by atoms with Gasteiger partial charge < -0.3 is 14.0 Å². The van der Waals surface area contributed by atoms with Crippen molar-refractivity contribution in [2.75, 3.05) is 13.7 Å². The fraction of sp³-hybridized carbons (Fsp3) is 0.214. The Hall–Kier alpha value is -2.23. The molecule has 0 unspecified atom stereocenters. The summed E-state index contributed by atoms with van der Waals surface area (Å²) in [5.41, 5.74) is -0.0568. The van der Waals surface area contributed by atoms with E-state index >= 15 is 0 Å². The van der Waals surface area contributed by atoms with Crippen molar-refractivity contribution < 1.29 is 9.47 Å². The third kappa shape index (κ3) is 1.97. The number of hydrogen-bond donors (Lipinski definition) is 0. The summed E-state index contributed by atoms with van der Waals surface area (Å²) in [6.45, 7) is 3.98. The van der Waals surface area contributed by atoms with Crippen LogP contribution in [0.15, 0.2) is 41.8 Å². The van der Waals surface area contributed by atoms with Gasteiger partial charge >= 0.3 is 0 Å². The third-order valence-corrected chi connectivity index (χ3v) is 2.74. The Morgan fingerprint density at radius 2 is 2.11 bits per heavy atom. The van der Waals surface area contributed by atoms with Crippen LogP contribution in [0.4, 0.5) is 0 Å². The van der Waals surface area contributed by atoms with E-state index in [-0.39, 0.29) is 5.56 Å². The van der Waals surface area contributed by atoms with Gasteiger partial charge in [-0.1, -0.05) is 12.7 Å². The fourth-order valence-corrected chi connectivity index (χ4v) is 1.83. The van der Waals surface area contributed by atoms with Crippen LogP contribution >= 0.6 is 0 Å². The first-order valence-corrected chi connectivity index (χ1v) is 5.59. The van der Waals surface area contributed by atoms with E-state index < -0.39 is 0 Å². The summed E-state index contributed by atoms with van der Waals surface area (Å²) in [6, 6.07) is 5.33. The topological polar surface area (TPSA) is 40.5 Å². The zero-order chi connectivity index (χ0) is 13.1. The number of aryl methyl sites for hydroxylation is 1. The van der Waals surface area contributed by atoms with Gasteiger partial charge in [0, 0.05) is 18.6 Å². The van der Waals surface area contributed by atoms with Gasteiger partial charge in [-0.15, -0.1) is 0 Å². The van der Waals surface area contributed by atoms with Gasteiger partial charge in [0.15, 0.2) is 11.5 Å². The third-order valence-electron chi connectivity index (χ3n) is 2.74. The molecule has 0 spiro atoms. The van der Waals surface area contributed by atoms with E-state index in [0.717, 1.165) is 5.39 Å². The molecule has 0 saturated carbocycles. The summed E-state index contributed by atoms with van der Waals surface area (Å²) < 4.78 is 12.4. The second kappa shape index (κ2) is 4.96. The van der Waals surface area contributed by atoms with Crippen LogP contribution in [0.5, 0.6) is 11.5 Å². The van der Waals surface area contributed by atoms with Crippen LogP contribution in [0.25, 0.3) is 10.8 Å². The number of fused-ring (bicyclic) bond motifs is 1. The molecule has 2 aromatic rings. The molecule has 2 rings (SSSR count). The number of ether oxygens (including phenoxy) is 2. The van der Waals surface area contributed by atoms with E-state index in [9.17, 15) is 4.79 Å². The fourth-order valence-electron chi connectivity index (χ4n) is 1.83. The number of methoxy groups -OCH3 is 1. The summed E-state index contributed by atoms with van der Waals surface area (Å²) in [7, 11) is 3.29.